The van der Waals surface area contributed by atoms with Crippen molar-refractivity contribution < 1.29 is 13.3 Å². The van der Waals surface area contributed by atoms with Crippen LogP contribution in [0.25, 0.3) is 0 Å². The second kappa shape index (κ2) is 5.05. The van der Waals surface area contributed by atoms with E-state index in [1.165, 1.54) is 12.1 Å². The monoisotopic (exact) mass is 267 g/mol. The van der Waals surface area contributed by atoms with E-state index in [-0.39, 0.29) is 17.9 Å². The molecule has 2 N–H and O–H groups in total. The Labute approximate surface area is 109 Å². The van der Waals surface area contributed by atoms with Crippen LogP contribution in [0.15, 0.2) is 22.7 Å². The largest absolute Gasteiger partial charge is 0.339 e. The van der Waals surface area contributed by atoms with Gasteiger partial charge in [-0.15, -0.1) is 0 Å². The van der Waals surface area contributed by atoms with Crippen LogP contribution in [-0.2, 0) is 12.0 Å². The van der Waals surface area contributed by atoms with E-state index < -0.39 is 17.2 Å². The molecule has 0 aliphatic heterocycles. The predicted molar refractivity (Wildman–Crippen MR) is 65.3 cm³/mol. The lowest BCUT2D eigenvalue weighted by Crippen LogP contribution is -2.33. The standard InChI is InChI=1S/C13H15F2N3O/c1-3-13(2,16)12-17-10(19-18-12)7-8-5-4-6-9(14)11(8)15/h4-6H,3,7,16H2,1-2H3. The van der Waals surface area contributed by atoms with Crippen LogP contribution in [-0.4, -0.2) is 10.1 Å². The summed E-state index contributed by atoms with van der Waals surface area (Å²) in [4.78, 5) is 4.13. The highest BCUT2D eigenvalue weighted by Gasteiger charge is 2.25. The number of rotatable bonds is 4. The highest BCUT2D eigenvalue weighted by Crippen LogP contribution is 2.20. The van der Waals surface area contributed by atoms with Crippen LogP contribution in [0.5, 0.6) is 0 Å². The third kappa shape index (κ3) is 2.78. The molecule has 4 nitrogen and oxygen atoms in total. The lowest BCUT2D eigenvalue weighted by atomic mass is 10.00. The van der Waals surface area contributed by atoms with Gasteiger partial charge in [0.1, 0.15) is 0 Å². The minimum atomic E-state index is -0.895. The molecule has 0 bridgehead atoms. The maximum atomic E-state index is 13.5. The minimum Gasteiger partial charge on any atom is -0.339 e. The first-order valence-electron chi connectivity index (χ1n) is 5.99. The highest BCUT2D eigenvalue weighted by atomic mass is 19.2. The van der Waals surface area contributed by atoms with Crippen molar-refractivity contribution >= 4 is 0 Å². The maximum Gasteiger partial charge on any atom is 0.231 e. The minimum absolute atomic E-state index is 0.0381. The fraction of sp³-hybridized carbons (Fsp3) is 0.385. The van der Waals surface area contributed by atoms with Gasteiger partial charge < -0.3 is 10.3 Å². The molecule has 1 heterocycles. The molecular formula is C13H15F2N3O. The van der Waals surface area contributed by atoms with Crippen LogP contribution < -0.4 is 5.73 Å². The first kappa shape index (κ1) is 13.6. The topological polar surface area (TPSA) is 64.9 Å². The average Bonchev–Trinajstić information content (AvgIpc) is 2.84. The summed E-state index contributed by atoms with van der Waals surface area (Å²) in [7, 11) is 0. The second-order valence-corrected chi connectivity index (χ2v) is 4.67. The molecule has 0 radical (unpaired) electrons. The zero-order valence-electron chi connectivity index (χ0n) is 10.8. The molecule has 1 aromatic carbocycles. The van der Waals surface area contributed by atoms with Crippen molar-refractivity contribution in [2.24, 2.45) is 5.73 Å². The van der Waals surface area contributed by atoms with E-state index in [4.69, 9.17) is 10.3 Å². The molecule has 2 aromatic rings. The molecule has 0 saturated heterocycles. The molecule has 0 fully saturated rings. The SMILES string of the molecule is CCC(C)(N)c1noc(Cc2cccc(F)c2F)n1. The van der Waals surface area contributed by atoms with Crippen molar-refractivity contribution in [2.45, 2.75) is 32.2 Å². The first-order valence-corrected chi connectivity index (χ1v) is 5.99. The van der Waals surface area contributed by atoms with Gasteiger partial charge in [0.2, 0.25) is 5.89 Å². The summed E-state index contributed by atoms with van der Waals surface area (Å²) >= 11 is 0. The molecule has 1 atom stereocenters. The van der Waals surface area contributed by atoms with Crippen molar-refractivity contribution in [3.63, 3.8) is 0 Å². The molecule has 2 rings (SSSR count). The highest BCUT2D eigenvalue weighted by molar-refractivity contribution is 5.22. The number of aromatic nitrogens is 2. The molecule has 102 valence electrons. The zero-order chi connectivity index (χ0) is 14.0. The smallest absolute Gasteiger partial charge is 0.231 e. The molecule has 0 aliphatic carbocycles. The van der Waals surface area contributed by atoms with Gasteiger partial charge >= 0.3 is 0 Å². The Morgan fingerprint density at radius 2 is 2.11 bits per heavy atom. The van der Waals surface area contributed by atoms with Gasteiger partial charge in [0.15, 0.2) is 17.5 Å². The number of hydrogen-bond acceptors (Lipinski definition) is 4. The Balaban J connectivity index is 2.23. The van der Waals surface area contributed by atoms with Gasteiger partial charge in [-0.3, -0.25) is 0 Å². The number of halogens is 2. The number of hydrogen-bond donors (Lipinski definition) is 1. The molecule has 6 heteroatoms. The molecule has 1 unspecified atom stereocenters. The molecule has 0 saturated carbocycles. The number of nitrogens with two attached hydrogens (primary N) is 1. The zero-order valence-corrected chi connectivity index (χ0v) is 10.8. The van der Waals surface area contributed by atoms with Gasteiger partial charge in [-0.1, -0.05) is 24.2 Å². The summed E-state index contributed by atoms with van der Waals surface area (Å²) in [5.41, 5.74) is 5.46. The fourth-order valence-electron chi connectivity index (χ4n) is 1.56. The molecule has 0 spiro atoms. The van der Waals surface area contributed by atoms with Gasteiger partial charge in [0.25, 0.3) is 0 Å². The van der Waals surface area contributed by atoms with Crippen LogP contribution in [0.4, 0.5) is 8.78 Å². The Hall–Kier alpha value is -1.82. The lowest BCUT2D eigenvalue weighted by Gasteiger charge is -2.16. The van der Waals surface area contributed by atoms with E-state index >= 15 is 0 Å². The normalized spacial score (nSPS) is 14.4. The summed E-state index contributed by atoms with van der Waals surface area (Å²) in [5, 5.41) is 3.78. The van der Waals surface area contributed by atoms with Crippen LogP contribution in [0.1, 0.15) is 37.5 Å². The lowest BCUT2D eigenvalue weighted by molar-refractivity contribution is 0.354. The van der Waals surface area contributed by atoms with E-state index in [2.05, 4.69) is 10.1 Å². The first-order chi connectivity index (χ1) is 8.94. The van der Waals surface area contributed by atoms with Crippen LogP contribution >= 0.6 is 0 Å². The van der Waals surface area contributed by atoms with Gasteiger partial charge in [-0.05, 0) is 19.4 Å². The molecule has 0 amide bonds. The molecule has 1 aromatic heterocycles. The third-order valence-corrected chi connectivity index (χ3v) is 3.09. The maximum absolute atomic E-state index is 13.5. The quantitative estimate of drug-likeness (QED) is 0.924. The summed E-state index contributed by atoms with van der Waals surface area (Å²) in [5.74, 6) is -1.21. The van der Waals surface area contributed by atoms with Gasteiger partial charge in [0.05, 0.1) is 12.0 Å². The van der Waals surface area contributed by atoms with Gasteiger partial charge in [-0.25, -0.2) is 8.78 Å². The van der Waals surface area contributed by atoms with Crippen molar-refractivity contribution in [1.82, 2.24) is 10.1 Å². The molecular weight excluding hydrogens is 252 g/mol. The van der Waals surface area contributed by atoms with Crippen LogP contribution in [0.2, 0.25) is 0 Å². The van der Waals surface area contributed by atoms with E-state index in [1.807, 2.05) is 6.92 Å². The Morgan fingerprint density at radius 1 is 1.37 bits per heavy atom. The molecule has 0 aliphatic rings. The van der Waals surface area contributed by atoms with Crippen LogP contribution in [0, 0.1) is 11.6 Å². The average molecular weight is 267 g/mol. The third-order valence-electron chi connectivity index (χ3n) is 3.09. The molecule has 19 heavy (non-hydrogen) atoms. The summed E-state index contributed by atoms with van der Waals surface area (Å²) in [6.07, 6.45) is 0.677. The van der Waals surface area contributed by atoms with Crippen LogP contribution in [0.3, 0.4) is 0 Å². The van der Waals surface area contributed by atoms with Crippen molar-refractivity contribution in [2.75, 3.05) is 0 Å². The van der Waals surface area contributed by atoms with Gasteiger partial charge in [-0.2, -0.15) is 4.98 Å². The van der Waals surface area contributed by atoms with Gasteiger partial charge in [0, 0.05) is 5.56 Å². The Bertz CT molecular complexity index is 581. The van der Waals surface area contributed by atoms with Crippen molar-refractivity contribution in [1.29, 1.82) is 0 Å². The summed E-state index contributed by atoms with van der Waals surface area (Å²) < 4.78 is 31.6. The summed E-state index contributed by atoms with van der Waals surface area (Å²) in [6.45, 7) is 3.69. The Kier molecular flexibility index (Phi) is 3.61. The Morgan fingerprint density at radius 3 is 2.79 bits per heavy atom. The second-order valence-electron chi connectivity index (χ2n) is 4.67. The van der Waals surface area contributed by atoms with E-state index in [9.17, 15) is 8.78 Å². The number of nitrogens with zero attached hydrogens (tertiary/aromatic N) is 2. The predicted octanol–water partition coefficient (Wildman–Crippen LogP) is 2.52. The van der Waals surface area contributed by atoms with E-state index in [0.717, 1.165) is 6.07 Å². The number of benzene rings is 1. The van der Waals surface area contributed by atoms with Crippen molar-refractivity contribution in [3.8, 4) is 0 Å². The van der Waals surface area contributed by atoms with E-state index in [1.54, 1.807) is 6.92 Å². The van der Waals surface area contributed by atoms with Crippen molar-refractivity contribution in [3.05, 3.63) is 47.1 Å². The van der Waals surface area contributed by atoms with E-state index in [0.29, 0.717) is 12.2 Å². The summed E-state index contributed by atoms with van der Waals surface area (Å²) in [6, 6.07) is 3.97. The fourth-order valence-corrected chi connectivity index (χ4v) is 1.56.